The van der Waals surface area contributed by atoms with Gasteiger partial charge in [-0.1, -0.05) is 12.1 Å². The first kappa shape index (κ1) is 15.6. The van der Waals surface area contributed by atoms with Gasteiger partial charge in [0.2, 0.25) is 0 Å². The number of methoxy groups -OCH3 is 1. The second-order valence-electron chi connectivity index (χ2n) is 5.26. The van der Waals surface area contributed by atoms with Crippen molar-refractivity contribution in [2.45, 2.75) is 38.3 Å². The fourth-order valence-corrected chi connectivity index (χ4v) is 2.71. The number of para-hydroxylation sites is 2. The average molecular weight is 293 g/mol. The molecule has 0 amide bonds. The highest BCUT2D eigenvalue weighted by Crippen LogP contribution is 2.34. The number of hydrogen-bond donors (Lipinski definition) is 1. The Bertz CT molecular complexity index is 491. The maximum absolute atomic E-state index is 12.5. The maximum Gasteiger partial charge on any atom is 0.331 e. The monoisotopic (exact) mass is 293 g/mol. The molecule has 0 aromatic heterocycles. The molecule has 116 valence electrons. The molecule has 1 aromatic carbocycles. The first-order valence-corrected chi connectivity index (χ1v) is 7.31. The number of hydrogen-bond acceptors (Lipinski definition) is 5. The van der Waals surface area contributed by atoms with Gasteiger partial charge in [0.05, 0.1) is 25.5 Å². The van der Waals surface area contributed by atoms with E-state index in [2.05, 4.69) is 5.32 Å². The van der Waals surface area contributed by atoms with Gasteiger partial charge in [-0.2, -0.15) is 0 Å². The van der Waals surface area contributed by atoms with Crippen molar-refractivity contribution in [2.75, 3.05) is 25.6 Å². The Kier molecular flexibility index (Phi) is 5.07. The van der Waals surface area contributed by atoms with Crippen LogP contribution < -0.4 is 10.1 Å². The standard InChI is InChI=1S/C16H23NO4/c1-4-20-15(18)16(9-10-21-12(2)11-16)17-13-7-5-6-8-14(13)19-3/h5-8,12,17H,4,9-11H2,1-3H3. The number of carbonyl (C=O) groups excluding carboxylic acids is 1. The van der Waals surface area contributed by atoms with Gasteiger partial charge in [-0.3, -0.25) is 0 Å². The van der Waals surface area contributed by atoms with E-state index < -0.39 is 5.54 Å². The zero-order valence-corrected chi connectivity index (χ0v) is 12.8. The fourth-order valence-electron chi connectivity index (χ4n) is 2.71. The van der Waals surface area contributed by atoms with Crippen LogP contribution in [0.25, 0.3) is 0 Å². The average Bonchev–Trinajstić information content (AvgIpc) is 2.48. The summed E-state index contributed by atoms with van der Waals surface area (Å²) in [6.45, 7) is 4.68. The van der Waals surface area contributed by atoms with Gasteiger partial charge in [-0.05, 0) is 26.0 Å². The molecule has 5 nitrogen and oxygen atoms in total. The molecule has 2 unspecified atom stereocenters. The van der Waals surface area contributed by atoms with Crippen molar-refractivity contribution in [3.8, 4) is 5.75 Å². The molecule has 2 rings (SSSR count). The van der Waals surface area contributed by atoms with Crippen LogP contribution in [0.2, 0.25) is 0 Å². The molecule has 1 fully saturated rings. The number of ether oxygens (including phenoxy) is 3. The van der Waals surface area contributed by atoms with Crippen LogP contribution in [-0.4, -0.2) is 37.9 Å². The molecule has 2 atom stereocenters. The van der Waals surface area contributed by atoms with Gasteiger partial charge < -0.3 is 19.5 Å². The summed E-state index contributed by atoms with van der Waals surface area (Å²) in [5, 5.41) is 3.35. The molecule has 1 aromatic rings. The van der Waals surface area contributed by atoms with Gasteiger partial charge in [0.1, 0.15) is 11.3 Å². The van der Waals surface area contributed by atoms with Crippen molar-refractivity contribution in [3.63, 3.8) is 0 Å². The van der Waals surface area contributed by atoms with Gasteiger partial charge in [-0.15, -0.1) is 0 Å². The molecule has 0 spiro atoms. The summed E-state index contributed by atoms with van der Waals surface area (Å²) < 4.78 is 16.2. The number of esters is 1. The first-order valence-electron chi connectivity index (χ1n) is 7.31. The van der Waals surface area contributed by atoms with Gasteiger partial charge in [-0.25, -0.2) is 4.79 Å². The smallest absolute Gasteiger partial charge is 0.331 e. The summed E-state index contributed by atoms with van der Waals surface area (Å²) in [7, 11) is 1.62. The SMILES string of the molecule is CCOC(=O)C1(Nc2ccccc2OC)CCOC(C)C1. The lowest BCUT2D eigenvalue weighted by atomic mass is 9.86. The van der Waals surface area contributed by atoms with Gasteiger partial charge in [0.15, 0.2) is 0 Å². The van der Waals surface area contributed by atoms with Gasteiger partial charge >= 0.3 is 5.97 Å². The van der Waals surface area contributed by atoms with Crippen LogP contribution >= 0.6 is 0 Å². The van der Waals surface area contributed by atoms with Crippen LogP contribution in [-0.2, 0) is 14.3 Å². The third kappa shape index (κ3) is 3.47. The summed E-state index contributed by atoms with van der Waals surface area (Å²) in [4.78, 5) is 12.5. The minimum Gasteiger partial charge on any atom is -0.495 e. The molecular formula is C16H23NO4. The van der Waals surface area contributed by atoms with Crippen molar-refractivity contribution < 1.29 is 19.0 Å². The lowest BCUT2D eigenvalue weighted by molar-refractivity contribution is -0.153. The zero-order chi connectivity index (χ0) is 15.3. The molecule has 0 radical (unpaired) electrons. The predicted octanol–water partition coefficient (Wildman–Crippen LogP) is 2.61. The second kappa shape index (κ2) is 6.80. The minimum atomic E-state index is -0.762. The van der Waals surface area contributed by atoms with Crippen molar-refractivity contribution in [1.82, 2.24) is 0 Å². The van der Waals surface area contributed by atoms with Crippen molar-refractivity contribution in [3.05, 3.63) is 24.3 Å². The molecule has 1 saturated heterocycles. The van der Waals surface area contributed by atoms with Crippen molar-refractivity contribution in [1.29, 1.82) is 0 Å². The van der Waals surface area contributed by atoms with E-state index in [9.17, 15) is 4.79 Å². The van der Waals surface area contributed by atoms with Crippen LogP contribution in [0.15, 0.2) is 24.3 Å². The maximum atomic E-state index is 12.5. The van der Waals surface area contributed by atoms with Crippen LogP contribution in [0, 0.1) is 0 Å². The van der Waals surface area contributed by atoms with Crippen LogP contribution in [0.4, 0.5) is 5.69 Å². The Balaban J connectivity index is 2.29. The Labute approximate surface area is 125 Å². The van der Waals surface area contributed by atoms with Crippen LogP contribution in [0.1, 0.15) is 26.7 Å². The molecule has 0 bridgehead atoms. The van der Waals surface area contributed by atoms with Gasteiger partial charge in [0, 0.05) is 19.4 Å². The Morgan fingerprint density at radius 1 is 1.48 bits per heavy atom. The van der Waals surface area contributed by atoms with E-state index in [4.69, 9.17) is 14.2 Å². The molecule has 1 N–H and O–H groups in total. The van der Waals surface area contributed by atoms with Crippen LogP contribution in [0.3, 0.4) is 0 Å². The quantitative estimate of drug-likeness (QED) is 0.846. The summed E-state index contributed by atoms with van der Waals surface area (Å²) in [6, 6.07) is 7.57. The number of benzene rings is 1. The molecule has 0 aliphatic carbocycles. The highest BCUT2D eigenvalue weighted by molar-refractivity contribution is 5.85. The van der Waals surface area contributed by atoms with Crippen molar-refractivity contribution in [2.24, 2.45) is 0 Å². The van der Waals surface area contributed by atoms with Crippen LogP contribution in [0.5, 0.6) is 5.75 Å². The number of anilines is 1. The predicted molar refractivity (Wildman–Crippen MR) is 80.6 cm³/mol. The minimum absolute atomic E-state index is 0.00497. The molecule has 1 heterocycles. The Hall–Kier alpha value is -1.75. The third-order valence-corrected chi connectivity index (χ3v) is 3.71. The highest BCUT2D eigenvalue weighted by Gasteiger charge is 2.44. The summed E-state index contributed by atoms with van der Waals surface area (Å²) in [6.07, 6.45) is 1.16. The molecule has 0 saturated carbocycles. The number of nitrogens with one attached hydrogen (secondary N) is 1. The lowest BCUT2D eigenvalue weighted by Gasteiger charge is -2.39. The van der Waals surface area contributed by atoms with E-state index in [-0.39, 0.29) is 12.1 Å². The van der Waals surface area contributed by atoms with Crippen molar-refractivity contribution >= 4 is 11.7 Å². The second-order valence-corrected chi connectivity index (χ2v) is 5.26. The Morgan fingerprint density at radius 3 is 2.90 bits per heavy atom. The summed E-state index contributed by atoms with van der Waals surface area (Å²) in [5.74, 6) is 0.478. The highest BCUT2D eigenvalue weighted by atomic mass is 16.5. The number of carbonyl (C=O) groups is 1. The topological polar surface area (TPSA) is 56.8 Å². The normalized spacial score (nSPS) is 25.2. The molecule has 1 aliphatic heterocycles. The number of rotatable bonds is 5. The van der Waals surface area contributed by atoms with E-state index >= 15 is 0 Å². The Morgan fingerprint density at radius 2 is 2.24 bits per heavy atom. The van der Waals surface area contributed by atoms with E-state index in [0.717, 1.165) is 5.69 Å². The largest absolute Gasteiger partial charge is 0.495 e. The molecule has 5 heteroatoms. The molecule has 1 aliphatic rings. The first-order chi connectivity index (χ1) is 10.1. The summed E-state index contributed by atoms with van der Waals surface area (Å²) >= 11 is 0. The lowest BCUT2D eigenvalue weighted by Crippen LogP contribution is -2.53. The van der Waals surface area contributed by atoms with Gasteiger partial charge in [0.25, 0.3) is 0 Å². The van der Waals surface area contributed by atoms with E-state index in [0.29, 0.717) is 31.8 Å². The van der Waals surface area contributed by atoms with E-state index in [1.54, 1.807) is 7.11 Å². The summed E-state index contributed by atoms with van der Waals surface area (Å²) in [5.41, 5.74) is 0.0321. The molecule has 21 heavy (non-hydrogen) atoms. The zero-order valence-electron chi connectivity index (χ0n) is 12.8. The molecular weight excluding hydrogens is 270 g/mol. The van der Waals surface area contributed by atoms with E-state index in [1.165, 1.54) is 0 Å². The third-order valence-electron chi connectivity index (χ3n) is 3.71. The van der Waals surface area contributed by atoms with E-state index in [1.807, 2.05) is 38.1 Å². The fraction of sp³-hybridized carbons (Fsp3) is 0.562.